The molecule has 0 spiro atoms. The zero-order valence-corrected chi connectivity index (χ0v) is 14.8. The molecule has 2 amide bonds. The maximum Gasteiger partial charge on any atom is 0.267 e. The minimum Gasteiger partial charge on any atom is -0.336 e. The molecular weight excluding hydrogens is 338 g/mol. The number of aromatic nitrogens is 3. The van der Waals surface area contributed by atoms with Gasteiger partial charge in [0.25, 0.3) is 11.8 Å². The molecule has 7 nitrogen and oxygen atoms in total. The Bertz CT molecular complexity index is 793. The van der Waals surface area contributed by atoms with Crippen molar-refractivity contribution in [2.75, 3.05) is 19.6 Å². The van der Waals surface area contributed by atoms with Gasteiger partial charge >= 0.3 is 0 Å². The highest BCUT2D eigenvalue weighted by Crippen LogP contribution is 2.30. The molecule has 3 aliphatic heterocycles. The average Bonchev–Trinajstić information content (AvgIpc) is 2.87. The van der Waals surface area contributed by atoms with E-state index in [0.29, 0.717) is 41.7 Å². The normalized spacial score (nSPS) is 22.8. The zero-order chi connectivity index (χ0) is 17.4. The van der Waals surface area contributed by atoms with Gasteiger partial charge in [-0.25, -0.2) is 0 Å². The maximum atomic E-state index is 12.9. The Morgan fingerprint density at radius 2 is 1.92 bits per heavy atom. The van der Waals surface area contributed by atoms with E-state index in [1.165, 1.54) is 0 Å². The molecule has 5 heterocycles. The molecule has 0 aromatic carbocycles. The third-order valence-corrected chi connectivity index (χ3v) is 5.85. The van der Waals surface area contributed by atoms with E-state index in [4.69, 9.17) is 0 Å². The summed E-state index contributed by atoms with van der Waals surface area (Å²) in [7, 11) is 0. The lowest BCUT2D eigenvalue weighted by Crippen LogP contribution is -2.47. The average molecular weight is 357 g/mol. The molecule has 3 aliphatic rings. The van der Waals surface area contributed by atoms with Crippen molar-refractivity contribution in [3.8, 4) is 0 Å². The Labute approximate surface area is 149 Å². The fourth-order valence-corrected chi connectivity index (χ4v) is 4.34. The van der Waals surface area contributed by atoms with Crippen molar-refractivity contribution in [3.05, 3.63) is 40.7 Å². The van der Waals surface area contributed by atoms with Crippen LogP contribution in [0.4, 0.5) is 0 Å². The molecule has 5 rings (SSSR count). The first-order valence-corrected chi connectivity index (χ1v) is 9.20. The summed E-state index contributed by atoms with van der Waals surface area (Å²) >= 11 is 1.15. The van der Waals surface area contributed by atoms with Gasteiger partial charge in [0.1, 0.15) is 4.88 Å². The van der Waals surface area contributed by atoms with Crippen molar-refractivity contribution in [3.63, 3.8) is 0 Å². The number of rotatable bonds is 2. The van der Waals surface area contributed by atoms with E-state index in [1.54, 1.807) is 24.5 Å². The Morgan fingerprint density at radius 1 is 1.12 bits per heavy atom. The first kappa shape index (κ1) is 16.1. The van der Waals surface area contributed by atoms with Crippen LogP contribution in [-0.4, -0.2) is 61.9 Å². The van der Waals surface area contributed by atoms with Gasteiger partial charge in [-0.05, 0) is 49.3 Å². The second-order valence-electron chi connectivity index (χ2n) is 6.69. The standard InChI is InChI=1S/C17H19N5O2S/c1-11-15(25-20-19-11)17(24)22-9-12-2-3-14(22)10-21(8-12)16(23)13-4-6-18-7-5-13/h4-7,12,14H,2-3,8-10H2,1H3/t12-,14+/m0/s1. The Kier molecular flexibility index (Phi) is 4.20. The van der Waals surface area contributed by atoms with E-state index in [0.717, 1.165) is 24.4 Å². The topological polar surface area (TPSA) is 79.3 Å². The van der Waals surface area contributed by atoms with Gasteiger partial charge in [-0.3, -0.25) is 14.6 Å². The number of aryl methyl sites for hydroxylation is 1. The van der Waals surface area contributed by atoms with Crippen molar-refractivity contribution in [1.82, 2.24) is 24.4 Å². The summed E-state index contributed by atoms with van der Waals surface area (Å²) in [6.45, 7) is 3.78. The molecule has 0 unspecified atom stereocenters. The third-order valence-electron chi connectivity index (χ3n) is 5.03. The quantitative estimate of drug-likeness (QED) is 0.816. The van der Waals surface area contributed by atoms with E-state index in [9.17, 15) is 9.59 Å². The van der Waals surface area contributed by atoms with E-state index in [-0.39, 0.29) is 17.9 Å². The SMILES string of the molecule is Cc1nnsc1C(=O)N1C[C@H]2CC[C@@H]1CN(C(=O)c1ccncc1)C2. The minimum atomic E-state index is 0.000380. The van der Waals surface area contributed by atoms with Crippen LogP contribution in [-0.2, 0) is 0 Å². The van der Waals surface area contributed by atoms with Gasteiger partial charge in [-0.1, -0.05) is 4.49 Å². The molecule has 130 valence electrons. The highest BCUT2D eigenvalue weighted by Gasteiger charge is 2.39. The van der Waals surface area contributed by atoms with Gasteiger partial charge in [0.15, 0.2) is 0 Å². The second kappa shape index (κ2) is 6.51. The lowest BCUT2D eigenvalue weighted by atomic mass is 9.95. The van der Waals surface area contributed by atoms with Crippen LogP contribution in [0.5, 0.6) is 0 Å². The summed E-state index contributed by atoms with van der Waals surface area (Å²) in [5, 5.41) is 3.95. The summed E-state index contributed by atoms with van der Waals surface area (Å²) in [5.74, 6) is 0.333. The highest BCUT2D eigenvalue weighted by molar-refractivity contribution is 7.07. The number of pyridine rings is 1. The van der Waals surface area contributed by atoms with Crippen LogP contribution in [0.2, 0.25) is 0 Å². The number of amides is 2. The molecule has 0 radical (unpaired) electrons. The lowest BCUT2D eigenvalue weighted by molar-refractivity contribution is 0.0578. The predicted octanol–water partition coefficient (Wildman–Crippen LogP) is 1.62. The van der Waals surface area contributed by atoms with Crippen molar-refractivity contribution < 1.29 is 9.59 Å². The maximum absolute atomic E-state index is 12.9. The third kappa shape index (κ3) is 3.02. The molecule has 2 aromatic heterocycles. The van der Waals surface area contributed by atoms with E-state index >= 15 is 0 Å². The van der Waals surface area contributed by atoms with Crippen LogP contribution in [0.25, 0.3) is 0 Å². The monoisotopic (exact) mass is 357 g/mol. The molecule has 2 atom stereocenters. The smallest absolute Gasteiger partial charge is 0.267 e. The Hall–Kier alpha value is -2.35. The minimum absolute atomic E-state index is 0.000380. The van der Waals surface area contributed by atoms with Crippen LogP contribution in [0.1, 0.15) is 38.6 Å². The molecule has 2 aromatic rings. The van der Waals surface area contributed by atoms with Crippen molar-refractivity contribution >= 4 is 23.3 Å². The summed E-state index contributed by atoms with van der Waals surface area (Å²) in [6, 6.07) is 3.54. The number of piperidine rings is 1. The molecule has 25 heavy (non-hydrogen) atoms. The molecule has 2 bridgehead atoms. The predicted molar refractivity (Wildman–Crippen MR) is 92.3 cm³/mol. The summed E-state index contributed by atoms with van der Waals surface area (Å²) < 4.78 is 3.88. The summed E-state index contributed by atoms with van der Waals surface area (Å²) in [6.07, 6.45) is 5.25. The molecule has 8 heteroatoms. The number of hydrogen-bond acceptors (Lipinski definition) is 6. The Balaban J connectivity index is 1.56. The molecular formula is C17H19N5O2S. The number of hydrogen-bond donors (Lipinski definition) is 0. The fourth-order valence-electron chi connectivity index (χ4n) is 3.73. The van der Waals surface area contributed by atoms with Crippen molar-refractivity contribution in [2.45, 2.75) is 25.8 Å². The van der Waals surface area contributed by atoms with Crippen LogP contribution < -0.4 is 0 Å². The van der Waals surface area contributed by atoms with Crippen LogP contribution in [0, 0.1) is 12.8 Å². The van der Waals surface area contributed by atoms with Gasteiger partial charge in [-0.2, -0.15) is 0 Å². The van der Waals surface area contributed by atoms with E-state index < -0.39 is 0 Å². The summed E-state index contributed by atoms with van der Waals surface area (Å²) in [5.41, 5.74) is 1.33. The molecule has 0 saturated carbocycles. The molecule has 3 fully saturated rings. The molecule has 3 saturated heterocycles. The number of carbonyl (C=O) groups is 2. The van der Waals surface area contributed by atoms with Gasteiger partial charge < -0.3 is 9.80 Å². The zero-order valence-electron chi connectivity index (χ0n) is 14.0. The van der Waals surface area contributed by atoms with Crippen molar-refractivity contribution in [2.24, 2.45) is 5.92 Å². The van der Waals surface area contributed by atoms with E-state index in [1.807, 2.05) is 16.7 Å². The van der Waals surface area contributed by atoms with E-state index in [2.05, 4.69) is 14.6 Å². The second-order valence-corrected chi connectivity index (χ2v) is 7.44. The molecule has 0 N–H and O–H groups in total. The van der Waals surface area contributed by atoms with Gasteiger partial charge in [0.2, 0.25) is 0 Å². The van der Waals surface area contributed by atoms with Crippen LogP contribution >= 0.6 is 11.5 Å². The van der Waals surface area contributed by atoms with Crippen LogP contribution in [0.3, 0.4) is 0 Å². The largest absolute Gasteiger partial charge is 0.336 e. The number of fused-ring (bicyclic) bond motifs is 4. The Morgan fingerprint density at radius 3 is 2.64 bits per heavy atom. The van der Waals surface area contributed by atoms with Gasteiger partial charge in [0, 0.05) is 43.6 Å². The van der Waals surface area contributed by atoms with Crippen molar-refractivity contribution in [1.29, 1.82) is 0 Å². The highest BCUT2D eigenvalue weighted by atomic mass is 32.1. The first-order valence-electron chi connectivity index (χ1n) is 8.42. The fraction of sp³-hybridized carbons (Fsp3) is 0.471. The van der Waals surface area contributed by atoms with Crippen LogP contribution in [0.15, 0.2) is 24.5 Å². The first-order chi connectivity index (χ1) is 12.1. The number of carbonyl (C=O) groups excluding carboxylic acids is 2. The number of nitrogens with zero attached hydrogens (tertiary/aromatic N) is 5. The van der Waals surface area contributed by atoms with Gasteiger partial charge in [0.05, 0.1) is 5.69 Å². The lowest BCUT2D eigenvalue weighted by Gasteiger charge is -2.35. The summed E-state index contributed by atoms with van der Waals surface area (Å²) in [4.78, 5) is 34.1. The molecule has 0 aliphatic carbocycles. The van der Waals surface area contributed by atoms with Gasteiger partial charge in [-0.15, -0.1) is 5.10 Å².